The lowest BCUT2D eigenvalue weighted by Gasteiger charge is -2.25. The van der Waals surface area contributed by atoms with E-state index >= 15 is 0 Å². The van der Waals surface area contributed by atoms with Crippen molar-refractivity contribution in [3.05, 3.63) is 77.0 Å². The number of nitrogens with one attached hydrogen (secondary N) is 2. The summed E-state index contributed by atoms with van der Waals surface area (Å²) >= 11 is 8.38. The predicted octanol–water partition coefficient (Wildman–Crippen LogP) is 5.89. The van der Waals surface area contributed by atoms with Crippen molar-refractivity contribution >= 4 is 39.8 Å². The first-order valence-electron chi connectivity index (χ1n) is 9.11. The van der Waals surface area contributed by atoms with Gasteiger partial charge in [-0.1, -0.05) is 54.1 Å². The maximum atomic E-state index is 6.37. The molecule has 1 unspecified atom stereocenters. The van der Waals surface area contributed by atoms with E-state index in [0.29, 0.717) is 6.04 Å². The second-order valence-electron chi connectivity index (χ2n) is 6.72. The summed E-state index contributed by atoms with van der Waals surface area (Å²) < 4.78 is 0. The van der Waals surface area contributed by atoms with Gasteiger partial charge in [-0.15, -0.1) is 0 Å². The van der Waals surface area contributed by atoms with Crippen LogP contribution in [-0.4, -0.2) is 23.3 Å². The fourth-order valence-corrected chi connectivity index (χ4v) is 4.89. The number of aromatic amines is 1. The number of benzene rings is 2. The van der Waals surface area contributed by atoms with E-state index in [-0.39, 0.29) is 0 Å². The molecule has 134 valence electrons. The minimum absolute atomic E-state index is 0.529. The molecule has 4 heteroatoms. The minimum Gasteiger partial charge on any atom is -0.361 e. The van der Waals surface area contributed by atoms with E-state index < -0.39 is 0 Å². The number of rotatable bonds is 6. The van der Waals surface area contributed by atoms with Crippen LogP contribution in [-0.2, 0) is 5.75 Å². The van der Waals surface area contributed by atoms with Gasteiger partial charge in [0, 0.05) is 40.5 Å². The molecule has 0 aliphatic carbocycles. The molecule has 1 aliphatic heterocycles. The van der Waals surface area contributed by atoms with Crippen molar-refractivity contribution in [3.8, 4) is 0 Å². The Balaban J connectivity index is 1.29. The lowest BCUT2D eigenvalue weighted by Crippen LogP contribution is -2.33. The van der Waals surface area contributed by atoms with Crippen molar-refractivity contribution in [1.82, 2.24) is 10.3 Å². The molecule has 1 aliphatic rings. The van der Waals surface area contributed by atoms with Gasteiger partial charge in [0.05, 0.1) is 0 Å². The molecule has 0 bridgehead atoms. The van der Waals surface area contributed by atoms with Crippen molar-refractivity contribution in [2.24, 2.45) is 0 Å². The van der Waals surface area contributed by atoms with Gasteiger partial charge < -0.3 is 10.3 Å². The molecule has 4 rings (SSSR count). The van der Waals surface area contributed by atoms with Crippen molar-refractivity contribution in [3.63, 3.8) is 0 Å². The Morgan fingerprint density at radius 2 is 1.92 bits per heavy atom. The van der Waals surface area contributed by atoms with E-state index in [1.807, 2.05) is 23.9 Å². The zero-order valence-electron chi connectivity index (χ0n) is 14.7. The molecule has 0 amide bonds. The van der Waals surface area contributed by atoms with Crippen LogP contribution in [0.1, 0.15) is 24.0 Å². The van der Waals surface area contributed by atoms with Gasteiger partial charge in [-0.3, -0.25) is 0 Å². The monoisotopic (exact) mass is 382 g/mol. The molecule has 2 N–H and O–H groups in total. The highest BCUT2D eigenvalue weighted by molar-refractivity contribution is 7.98. The van der Waals surface area contributed by atoms with Crippen molar-refractivity contribution in [2.75, 3.05) is 12.3 Å². The molecule has 2 nitrogen and oxygen atoms in total. The van der Waals surface area contributed by atoms with Crippen molar-refractivity contribution < 1.29 is 0 Å². The second-order valence-corrected chi connectivity index (χ2v) is 8.23. The average molecular weight is 383 g/mol. The van der Waals surface area contributed by atoms with E-state index in [1.54, 1.807) is 0 Å². The summed E-state index contributed by atoms with van der Waals surface area (Å²) in [6.45, 7) is 0.929. The Morgan fingerprint density at radius 3 is 2.85 bits per heavy atom. The van der Waals surface area contributed by atoms with E-state index in [2.05, 4.69) is 59.0 Å². The first-order valence-corrected chi connectivity index (χ1v) is 10.6. The van der Waals surface area contributed by atoms with Crippen molar-refractivity contribution in [2.45, 2.75) is 24.6 Å². The highest BCUT2D eigenvalue weighted by Crippen LogP contribution is 2.30. The third-order valence-corrected chi connectivity index (χ3v) is 6.35. The van der Waals surface area contributed by atoms with Crippen LogP contribution >= 0.6 is 23.4 Å². The normalized spacial score (nSPS) is 17.4. The molecule has 3 aromatic rings. The van der Waals surface area contributed by atoms with Crippen LogP contribution in [0.2, 0.25) is 5.02 Å². The smallest absolute Gasteiger partial charge is 0.0481 e. The molecule has 0 radical (unpaired) electrons. The fraction of sp³-hybridized carbons (Fsp3) is 0.273. The van der Waals surface area contributed by atoms with E-state index in [1.165, 1.54) is 34.0 Å². The number of fused-ring (bicyclic) bond motifs is 1. The average Bonchev–Trinajstić information content (AvgIpc) is 3.09. The second kappa shape index (κ2) is 8.34. The molecule has 2 aromatic carbocycles. The van der Waals surface area contributed by atoms with Gasteiger partial charge in [0.25, 0.3) is 0 Å². The zero-order chi connectivity index (χ0) is 17.8. The molecule has 1 atom stereocenters. The topological polar surface area (TPSA) is 27.8 Å². The SMILES string of the molecule is Clc1ccccc1C1=CCNC(CCSCc2c[nH]c3ccccc23)C1. The molecule has 26 heavy (non-hydrogen) atoms. The summed E-state index contributed by atoms with van der Waals surface area (Å²) in [7, 11) is 0. The van der Waals surface area contributed by atoms with Crippen LogP contribution in [0, 0.1) is 0 Å². The third-order valence-electron chi connectivity index (χ3n) is 4.98. The van der Waals surface area contributed by atoms with Gasteiger partial charge in [0.2, 0.25) is 0 Å². The van der Waals surface area contributed by atoms with Crippen LogP contribution in [0.4, 0.5) is 0 Å². The van der Waals surface area contributed by atoms with Crippen LogP contribution in [0.25, 0.3) is 16.5 Å². The van der Waals surface area contributed by atoms with Gasteiger partial charge in [-0.2, -0.15) is 11.8 Å². The Morgan fingerprint density at radius 1 is 1.08 bits per heavy atom. The van der Waals surface area contributed by atoms with Gasteiger partial charge in [0.1, 0.15) is 0 Å². The predicted molar refractivity (Wildman–Crippen MR) is 115 cm³/mol. The van der Waals surface area contributed by atoms with E-state index in [4.69, 9.17) is 11.6 Å². The van der Waals surface area contributed by atoms with Gasteiger partial charge >= 0.3 is 0 Å². The van der Waals surface area contributed by atoms with Gasteiger partial charge in [-0.05, 0) is 47.4 Å². The molecule has 1 aromatic heterocycles. The van der Waals surface area contributed by atoms with Crippen LogP contribution in [0.5, 0.6) is 0 Å². The summed E-state index contributed by atoms with van der Waals surface area (Å²) in [4.78, 5) is 3.36. The first kappa shape index (κ1) is 17.7. The lowest BCUT2D eigenvalue weighted by atomic mass is 9.94. The minimum atomic E-state index is 0.529. The van der Waals surface area contributed by atoms with E-state index in [9.17, 15) is 0 Å². The van der Waals surface area contributed by atoms with Gasteiger partial charge in [-0.25, -0.2) is 0 Å². The Kier molecular flexibility index (Phi) is 5.68. The van der Waals surface area contributed by atoms with Gasteiger partial charge in [0.15, 0.2) is 0 Å². The summed E-state index contributed by atoms with van der Waals surface area (Å²) in [5, 5.41) is 5.82. The molecular weight excluding hydrogens is 360 g/mol. The number of aromatic nitrogens is 1. The molecule has 0 saturated heterocycles. The highest BCUT2D eigenvalue weighted by atomic mass is 35.5. The summed E-state index contributed by atoms with van der Waals surface area (Å²) in [6.07, 6.45) is 6.65. The maximum absolute atomic E-state index is 6.37. The molecule has 2 heterocycles. The largest absolute Gasteiger partial charge is 0.361 e. The molecule has 0 fully saturated rings. The Hall–Kier alpha value is -1.68. The zero-order valence-corrected chi connectivity index (χ0v) is 16.2. The quantitative estimate of drug-likeness (QED) is 0.520. The Bertz CT molecular complexity index is 915. The number of thioether (sulfide) groups is 1. The van der Waals surface area contributed by atoms with Crippen LogP contribution in [0.15, 0.2) is 60.8 Å². The first-order chi connectivity index (χ1) is 12.8. The number of halogens is 1. The summed E-state index contributed by atoms with van der Waals surface area (Å²) in [5.41, 5.74) is 5.19. The summed E-state index contributed by atoms with van der Waals surface area (Å²) in [5.74, 6) is 2.22. The van der Waals surface area contributed by atoms with Crippen molar-refractivity contribution in [1.29, 1.82) is 0 Å². The van der Waals surface area contributed by atoms with Crippen LogP contribution < -0.4 is 5.32 Å². The maximum Gasteiger partial charge on any atom is 0.0481 e. The molecular formula is C22H23ClN2S. The molecule has 0 saturated carbocycles. The van der Waals surface area contributed by atoms with Crippen LogP contribution in [0.3, 0.4) is 0 Å². The molecule has 0 spiro atoms. The number of hydrogen-bond donors (Lipinski definition) is 2. The standard InChI is InChI=1S/C22H23ClN2S/c23-21-7-3-1-5-19(21)16-9-11-24-18(13-16)10-12-26-15-17-14-25-22-8-4-2-6-20(17)22/h1-9,14,18,24-25H,10-13,15H2. The number of para-hydroxylation sites is 1. The summed E-state index contributed by atoms with van der Waals surface area (Å²) in [6, 6.07) is 17.2. The Labute approximate surface area is 164 Å². The van der Waals surface area contributed by atoms with E-state index in [0.717, 1.165) is 29.5 Å². The lowest BCUT2D eigenvalue weighted by molar-refractivity contribution is 0.525. The number of hydrogen-bond acceptors (Lipinski definition) is 2. The number of H-pyrrole nitrogens is 1. The fourth-order valence-electron chi connectivity index (χ4n) is 3.57. The highest BCUT2D eigenvalue weighted by Gasteiger charge is 2.17. The third kappa shape index (κ3) is 4.01.